The largest absolute Gasteiger partial charge is 0.465 e. The van der Waals surface area contributed by atoms with E-state index in [1.807, 2.05) is 0 Å². The van der Waals surface area contributed by atoms with E-state index < -0.39 is 0 Å². The van der Waals surface area contributed by atoms with E-state index in [9.17, 15) is 4.79 Å². The molecule has 0 rings (SSSR count). The van der Waals surface area contributed by atoms with Gasteiger partial charge in [0.05, 0.1) is 11.9 Å². The van der Waals surface area contributed by atoms with E-state index in [1.165, 1.54) is 12.8 Å². The lowest BCUT2D eigenvalue weighted by molar-refractivity contribution is -0.144. The van der Waals surface area contributed by atoms with Crippen molar-refractivity contribution in [3.63, 3.8) is 0 Å². The van der Waals surface area contributed by atoms with Crippen LogP contribution in [-0.4, -0.2) is 17.8 Å². The first-order valence-electron chi connectivity index (χ1n) is 5.46. The number of hydrogen-bond acceptors (Lipinski definition) is 3. The van der Waals surface area contributed by atoms with Crippen LogP contribution in [0.25, 0.3) is 0 Å². The molecule has 0 saturated carbocycles. The van der Waals surface area contributed by atoms with Crippen molar-refractivity contribution in [2.24, 2.45) is 5.92 Å². The van der Waals surface area contributed by atoms with Gasteiger partial charge in [-0.3, -0.25) is 4.79 Å². The molecule has 0 amide bonds. The molecule has 0 N–H and O–H groups in total. The molecule has 0 aliphatic heterocycles. The fraction of sp³-hybridized carbons (Fsp3) is 0.909. The molecule has 0 heterocycles. The lowest BCUT2D eigenvalue weighted by atomic mass is 10.0. The summed E-state index contributed by atoms with van der Waals surface area (Å²) in [5.41, 5.74) is 0. The van der Waals surface area contributed by atoms with Gasteiger partial charge < -0.3 is 4.74 Å². The molecule has 0 saturated heterocycles. The van der Waals surface area contributed by atoms with Gasteiger partial charge >= 0.3 is 5.97 Å². The van der Waals surface area contributed by atoms with Crippen molar-refractivity contribution < 1.29 is 9.53 Å². The summed E-state index contributed by atoms with van der Waals surface area (Å²) >= 11 is 4.02. The van der Waals surface area contributed by atoms with Crippen molar-refractivity contribution in [1.29, 1.82) is 0 Å². The third-order valence-corrected chi connectivity index (χ3v) is 2.56. The van der Waals surface area contributed by atoms with Crippen LogP contribution in [0.3, 0.4) is 0 Å². The van der Waals surface area contributed by atoms with Crippen molar-refractivity contribution in [2.75, 3.05) is 6.61 Å². The summed E-state index contributed by atoms with van der Waals surface area (Å²) in [5, 5.41) is -0.307. The second kappa shape index (κ2) is 8.16. The number of unbranched alkanes of at least 4 members (excludes halogenated alkanes) is 1. The Hall–Kier alpha value is -0.180. The molecular formula is C11H22O2S. The molecule has 0 aromatic rings. The number of carbonyl (C=O) groups excluding carboxylic acids is 1. The maximum absolute atomic E-state index is 11.1. The Labute approximate surface area is 92.8 Å². The van der Waals surface area contributed by atoms with Gasteiger partial charge in [-0.15, -0.1) is 0 Å². The molecule has 3 heteroatoms. The highest BCUT2D eigenvalue weighted by molar-refractivity contribution is 7.81. The summed E-state index contributed by atoms with van der Waals surface area (Å²) in [6.45, 7) is 6.60. The quantitative estimate of drug-likeness (QED) is 0.525. The first-order chi connectivity index (χ1) is 6.61. The van der Waals surface area contributed by atoms with Gasteiger partial charge in [-0.25, -0.2) is 0 Å². The summed E-state index contributed by atoms with van der Waals surface area (Å²) < 4.78 is 5.14. The van der Waals surface area contributed by atoms with Gasteiger partial charge in [0.15, 0.2) is 0 Å². The van der Waals surface area contributed by atoms with E-state index in [0.717, 1.165) is 12.8 Å². The summed E-state index contributed by atoms with van der Waals surface area (Å²) in [6, 6.07) is 0. The molecule has 2 atom stereocenters. The second-order valence-electron chi connectivity index (χ2n) is 3.72. The van der Waals surface area contributed by atoms with Gasteiger partial charge in [0, 0.05) is 0 Å². The topological polar surface area (TPSA) is 26.3 Å². The molecule has 14 heavy (non-hydrogen) atoms. The smallest absolute Gasteiger partial charge is 0.318 e. The van der Waals surface area contributed by atoms with Gasteiger partial charge in [-0.2, -0.15) is 12.6 Å². The minimum Gasteiger partial charge on any atom is -0.465 e. The fourth-order valence-electron chi connectivity index (χ4n) is 1.22. The summed E-state index contributed by atoms with van der Waals surface area (Å²) in [4.78, 5) is 11.1. The Morgan fingerprint density at radius 2 is 2.07 bits per heavy atom. The Morgan fingerprint density at radius 3 is 2.50 bits per heavy atom. The maximum Gasteiger partial charge on any atom is 0.318 e. The fourth-order valence-corrected chi connectivity index (χ4v) is 1.29. The SMILES string of the molecule is CCCCC(CC)COC(=O)C(C)S. The minimum atomic E-state index is -0.307. The zero-order valence-corrected chi connectivity index (χ0v) is 10.3. The van der Waals surface area contributed by atoms with Crippen molar-refractivity contribution >= 4 is 18.6 Å². The van der Waals surface area contributed by atoms with Crippen LogP contribution < -0.4 is 0 Å². The van der Waals surface area contributed by atoms with Crippen molar-refractivity contribution in [3.8, 4) is 0 Å². The molecule has 0 aromatic heterocycles. The third-order valence-electron chi connectivity index (χ3n) is 2.35. The monoisotopic (exact) mass is 218 g/mol. The molecule has 0 bridgehead atoms. The first kappa shape index (κ1) is 13.8. The second-order valence-corrected chi connectivity index (χ2v) is 4.50. The molecule has 2 nitrogen and oxygen atoms in total. The number of rotatable bonds is 7. The molecule has 0 spiro atoms. The van der Waals surface area contributed by atoms with Gasteiger partial charge in [0.1, 0.15) is 0 Å². The maximum atomic E-state index is 11.1. The summed E-state index contributed by atoms with van der Waals surface area (Å²) in [7, 11) is 0. The first-order valence-corrected chi connectivity index (χ1v) is 5.98. The highest BCUT2D eigenvalue weighted by Crippen LogP contribution is 2.13. The highest BCUT2D eigenvalue weighted by atomic mass is 32.1. The Kier molecular flexibility index (Phi) is 8.05. The van der Waals surface area contributed by atoms with E-state index in [4.69, 9.17) is 4.74 Å². The molecule has 2 unspecified atom stereocenters. The summed E-state index contributed by atoms with van der Waals surface area (Å²) in [6.07, 6.45) is 4.65. The summed E-state index contributed by atoms with van der Waals surface area (Å²) in [5.74, 6) is 0.314. The standard InChI is InChI=1S/C11H22O2S/c1-4-6-7-10(5-2)8-13-11(12)9(3)14/h9-10,14H,4-8H2,1-3H3. The molecular weight excluding hydrogens is 196 g/mol. The van der Waals surface area contributed by atoms with Crippen LogP contribution in [0.1, 0.15) is 46.5 Å². The van der Waals surface area contributed by atoms with Crippen LogP contribution in [-0.2, 0) is 9.53 Å². The number of hydrogen-bond donors (Lipinski definition) is 1. The lowest BCUT2D eigenvalue weighted by Gasteiger charge is -2.15. The van der Waals surface area contributed by atoms with Crippen molar-refractivity contribution in [1.82, 2.24) is 0 Å². The normalized spacial score (nSPS) is 14.9. The zero-order chi connectivity index (χ0) is 11.0. The predicted molar refractivity (Wildman–Crippen MR) is 62.7 cm³/mol. The van der Waals surface area contributed by atoms with Crippen molar-refractivity contribution in [3.05, 3.63) is 0 Å². The Bertz CT molecular complexity index is 157. The average molecular weight is 218 g/mol. The van der Waals surface area contributed by atoms with E-state index >= 15 is 0 Å². The van der Waals surface area contributed by atoms with Gasteiger partial charge in [-0.05, 0) is 19.3 Å². The molecule has 0 radical (unpaired) electrons. The molecule has 0 aliphatic rings. The lowest BCUT2D eigenvalue weighted by Crippen LogP contribution is -2.19. The molecule has 0 aromatic carbocycles. The predicted octanol–water partition coefficient (Wildman–Crippen LogP) is 3.06. The molecule has 84 valence electrons. The number of carbonyl (C=O) groups is 1. The molecule has 0 aliphatic carbocycles. The van der Waals surface area contributed by atoms with Gasteiger partial charge in [0.25, 0.3) is 0 Å². The minimum absolute atomic E-state index is 0.205. The number of esters is 1. The van der Waals surface area contributed by atoms with Crippen LogP contribution in [0.15, 0.2) is 0 Å². The molecule has 0 fully saturated rings. The van der Waals surface area contributed by atoms with Crippen LogP contribution in [0.2, 0.25) is 0 Å². The van der Waals surface area contributed by atoms with Crippen LogP contribution in [0, 0.1) is 5.92 Å². The number of ether oxygens (including phenoxy) is 1. The van der Waals surface area contributed by atoms with Crippen molar-refractivity contribution in [2.45, 2.75) is 51.7 Å². The van der Waals surface area contributed by atoms with Gasteiger partial charge in [-0.1, -0.05) is 33.1 Å². The van der Waals surface area contributed by atoms with Crippen LogP contribution >= 0.6 is 12.6 Å². The van der Waals surface area contributed by atoms with Gasteiger partial charge in [0.2, 0.25) is 0 Å². The Morgan fingerprint density at radius 1 is 1.43 bits per heavy atom. The number of thiol groups is 1. The van der Waals surface area contributed by atoms with E-state index in [1.54, 1.807) is 6.92 Å². The highest BCUT2D eigenvalue weighted by Gasteiger charge is 2.12. The van der Waals surface area contributed by atoms with Crippen LogP contribution in [0.5, 0.6) is 0 Å². The third kappa shape index (κ3) is 6.30. The van der Waals surface area contributed by atoms with E-state index in [2.05, 4.69) is 26.5 Å². The van der Waals surface area contributed by atoms with Crippen LogP contribution in [0.4, 0.5) is 0 Å². The Balaban J connectivity index is 3.66. The van der Waals surface area contributed by atoms with E-state index in [0.29, 0.717) is 12.5 Å². The van der Waals surface area contributed by atoms with E-state index in [-0.39, 0.29) is 11.2 Å². The zero-order valence-electron chi connectivity index (χ0n) is 9.45. The average Bonchev–Trinajstić information content (AvgIpc) is 2.17.